The highest BCUT2D eigenvalue weighted by Crippen LogP contribution is 2.37. The van der Waals surface area contributed by atoms with Crippen molar-refractivity contribution in [2.75, 3.05) is 0 Å². The van der Waals surface area contributed by atoms with Gasteiger partial charge in [-0.15, -0.1) is 0 Å². The van der Waals surface area contributed by atoms with E-state index in [1.54, 1.807) is 0 Å². The third-order valence-electron chi connectivity index (χ3n) is 4.47. The summed E-state index contributed by atoms with van der Waals surface area (Å²) >= 11 is 0. The number of hydrogen-bond acceptors (Lipinski definition) is 4. The normalized spacial score (nSPS) is 26.6. The molecule has 1 heterocycles. The van der Waals surface area contributed by atoms with Crippen molar-refractivity contribution in [3.63, 3.8) is 0 Å². The van der Waals surface area contributed by atoms with Crippen molar-refractivity contribution < 1.29 is 4.52 Å². The molecule has 2 aromatic rings. The number of nitrogens with two attached hydrogens (primary N) is 1. The van der Waals surface area contributed by atoms with Gasteiger partial charge in [0.1, 0.15) is 0 Å². The molecule has 0 bridgehead atoms. The van der Waals surface area contributed by atoms with E-state index in [1.807, 2.05) is 30.3 Å². The van der Waals surface area contributed by atoms with E-state index in [0.717, 1.165) is 37.2 Å². The van der Waals surface area contributed by atoms with Gasteiger partial charge in [0.15, 0.2) is 5.82 Å². The molecule has 0 atom stereocenters. The molecule has 0 unspecified atom stereocenters. The zero-order valence-electron chi connectivity index (χ0n) is 11.9. The Morgan fingerprint density at radius 2 is 1.95 bits per heavy atom. The molecule has 1 fully saturated rings. The number of aromatic nitrogens is 2. The molecule has 106 valence electrons. The minimum atomic E-state index is -0.414. The fraction of sp³-hybridized carbons (Fsp3) is 0.500. The van der Waals surface area contributed by atoms with Gasteiger partial charge in [-0.3, -0.25) is 0 Å². The summed E-state index contributed by atoms with van der Waals surface area (Å²) in [5.41, 5.74) is 7.03. The van der Waals surface area contributed by atoms with Gasteiger partial charge in [-0.05, 0) is 43.7 Å². The molecule has 20 heavy (non-hydrogen) atoms. The molecule has 1 saturated carbocycles. The first-order valence-electron chi connectivity index (χ1n) is 7.40. The Morgan fingerprint density at radius 1 is 1.25 bits per heavy atom. The van der Waals surface area contributed by atoms with Crippen LogP contribution in [-0.2, 0) is 5.54 Å². The topological polar surface area (TPSA) is 64.9 Å². The maximum atomic E-state index is 6.50. The predicted octanol–water partition coefficient (Wildman–Crippen LogP) is 3.49. The number of hydrogen-bond donors (Lipinski definition) is 1. The Balaban J connectivity index is 1.80. The van der Waals surface area contributed by atoms with Crippen LogP contribution in [0.4, 0.5) is 0 Å². The monoisotopic (exact) mass is 271 g/mol. The van der Waals surface area contributed by atoms with E-state index in [0.29, 0.717) is 11.7 Å². The molecule has 4 nitrogen and oxygen atoms in total. The quantitative estimate of drug-likeness (QED) is 0.928. The molecule has 4 heteroatoms. The van der Waals surface area contributed by atoms with Gasteiger partial charge in [-0.25, -0.2) is 0 Å². The van der Waals surface area contributed by atoms with E-state index in [9.17, 15) is 0 Å². The number of rotatable bonds is 3. The molecular weight excluding hydrogens is 250 g/mol. The van der Waals surface area contributed by atoms with Gasteiger partial charge in [0.25, 0.3) is 5.89 Å². The third kappa shape index (κ3) is 2.48. The lowest BCUT2D eigenvalue weighted by molar-refractivity contribution is 0.216. The van der Waals surface area contributed by atoms with E-state index in [-0.39, 0.29) is 0 Å². The van der Waals surface area contributed by atoms with Crippen molar-refractivity contribution in [1.82, 2.24) is 10.1 Å². The fourth-order valence-corrected chi connectivity index (χ4v) is 2.95. The van der Waals surface area contributed by atoms with Crippen LogP contribution in [0.25, 0.3) is 11.5 Å². The molecule has 1 aliphatic rings. The van der Waals surface area contributed by atoms with Crippen molar-refractivity contribution >= 4 is 0 Å². The zero-order valence-corrected chi connectivity index (χ0v) is 11.9. The third-order valence-corrected chi connectivity index (χ3v) is 4.47. The lowest BCUT2D eigenvalue weighted by atomic mass is 9.76. The average molecular weight is 271 g/mol. The van der Waals surface area contributed by atoms with Crippen molar-refractivity contribution in [3.8, 4) is 11.5 Å². The highest BCUT2D eigenvalue weighted by Gasteiger charge is 2.36. The van der Waals surface area contributed by atoms with Crippen LogP contribution in [0.5, 0.6) is 0 Å². The van der Waals surface area contributed by atoms with E-state index in [2.05, 4.69) is 17.1 Å². The van der Waals surface area contributed by atoms with Gasteiger partial charge in [0, 0.05) is 5.56 Å². The molecule has 0 radical (unpaired) electrons. The molecule has 2 N–H and O–H groups in total. The van der Waals surface area contributed by atoms with Gasteiger partial charge in [0.05, 0.1) is 5.54 Å². The summed E-state index contributed by atoms with van der Waals surface area (Å²) < 4.78 is 5.38. The van der Waals surface area contributed by atoms with Crippen LogP contribution in [0.1, 0.15) is 44.9 Å². The predicted molar refractivity (Wildman–Crippen MR) is 77.8 cm³/mol. The summed E-state index contributed by atoms with van der Waals surface area (Å²) in [4.78, 5) is 4.52. The maximum Gasteiger partial charge on any atom is 0.257 e. The second-order valence-corrected chi connectivity index (χ2v) is 5.80. The first-order chi connectivity index (χ1) is 9.71. The van der Waals surface area contributed by atoms with E-state index < -0.39 is 5.54 Å². The lowest BCUT2D eigenvalue weighted by Gasteiger charge is -2.34. The summed E-state index contributed by atoms with van der Waals surface area (Å²) in [6, 6.07) is 9.83. The highest BCUT2D eigenvalue weighted by atomic mass is 16.5. The van der Waals surface area contributed by atoms with Crippen molar-refractivity contribution in [2.24, 2.45) is 11.7 Å². The second-order valence-electron chi connectivity index (χ2n) is 5.80. The first kappa shape index (κ1) is 13.3. The molecule has 1 aliphatic carbocycles. The molecule has 1 aromatic carbocycles. The zero-order chi connectivity index (χ0) is 14.0. The Morgan fingerprint density at radius 3 is 2.60 bits per heavy atom. The summed E-state index contributed by atoms with van der Waals surface area (Å²) in [6.07, 6.45) is 5.43. The smallest absolute Gasteiger partial charge is 0.257 e. The van der Waals surface area contributed by atoms with Gasteiger partial charge < -0.3 is 10.3 Å². The van der Waals surface area contributed by atoms with Crippen LogP contribution in [0.3, 0.4) is 0 Å². The first-order valence-corrected chi connectivity index (χ1v) is 7.40. The van der Waals surface area contributed by atoms with Crippen molar-refractivity contribution in [2.45, 2.75) is 44.6 Å². The molecule has 3 rings (SSSR count). The molecule has 0 spiro atoms. The van der Waals surface area contributed by atoms with Gasteiger partial charge in [-0.2, -0.15) is 4.98 Å². The maximum absolute atomic E-state index is 6.50. The Bertz CT molecular complexity index is 556. The summed E-state index contributed by atoms with van der Waals surface area (Å²) in [7, 11) is 0. The van der Waals surface area contributed by atoms with Crippen LogP contribution < -0.4 is 5.73 Å². The van der Waals surface area contributed by atoms with Crippen molar-refractivity contribution in [1.29, 1.82) is 0 Å². The lowest BCUT2D eigenvalue weighted by Crippen LogP contribution is -2.41. The Kier molecular flexibility index (Phi) is 3.57. The summed E-state index contributed by atoms with van der Waals surface area (Å²) in [6.45, 7) is 2.25. The SMILES string of the molecule is CCC1CCC(N)(c2noc(-c3ccccc3)n2)CC1. The minimum Gasteiger partial charge on any atom is -0.334 e. The number of benzene rings is 1. The van der Waals surface area contributed by atoms with Gasteiger partial charge in [0.2, 0.25) is 0 Å². The van der Waals surface area contributed by atoms with E-state index in [1.165, 1.54) is 6.42 Å². The second kappa shape index (κ2) is 5.37. The van der Waals surface area contributed by atoms with Crippen LogP contribution >= 0.6 is 0 Å². The molecule has 0 saturated heterocycles. The Hall–Kier alpha value is -1.68. The average Bonchev–Trinajstić information content (AvgIpc) is 3.00. The van der Waals surface area contributed by atoms with Crippen LogP contribution in [-0.4, -0.2) is 10.1 Å². The van der Waals surface area contributed by atoms with Gasteiger partial charge in [-0.1, -0.05) is 36.7 Å². The van der Waals surface area contributed by atoms with Crippen LogP contribution in [0, 0.1) is 5.92 Å². The van der Waals surface area contributed by atoms with Gasteiger partial charge >= 0.3 is 0 Å². The summed E-state index contributed by atoms with van der Waals surface area (Å²) in [5.74, 6) is 2.01. The largest absolute Gasteiger partial charge is 0.334 e. The molecule has 0 aliphatic heterocycles. The highest BCUT2D eigenvalue weighted by molar-refractivity contribution is 5.52. The Labute approximate surface area is 119 Å². The summed E-state index contributed by atoms with van der Waals surface area (Å²) in [5, 5.41) is 4.13. The number of nitrogens with zero attached hydrogens (tertiary/aromatic N) is 2. The fourth-order valence-electron chi connectivity index (χ4n) is 2.95. The van der Waals surface area contributed by atoms with Crippen LogP contribution in [0.2, 0.25) is 0 Å². The molecular formula is C16H21N3O. The van der Waals surface area contributed by atoms with Crippen LogP contribution in [0.15, 0.2) is 34.9 Å². The minimum absolute atomic E-state index is 0.414. The van der Waals surface area contributed by atoms with E-state index >= 15 is 0 Å². The van der Waals surface area contributed by atoms with E-state index in [4.69, 9.17) is 10.3 Å². The standard InChI is InChI=1S/C16H21N3O/c1-2-12-8-10-16(17,11-9-12)15-18-14(20-19-15)13-6-4-3-5-7-13/h3-7,12H,2,8-11,17H2,1H3. The molecule has 1 aromatic heterocycles. The molecule has 0 amide bonds. The van der Waals surface area contributed by atoms with Crippen molar-refractivity contribution in [3.05, 3.63) is 36.2 Å².